The van der Waals surface area contributed by atoms with Crippen molar-refractivity contribution >= 4 is 27.6 Å². The zero-order valence-electron chi connectivity index (χ0n) is 11.7. The maximum atomic E-state index is 5.02. The van der Waals surface area contributed by atoms with Crippen LogP contribution in [0, 0.1) is 0 Å². The van der Waals surface area contributed by atoms with Gasteiger partial charge in [0.15, 0.2) is 0 Å². The van der Waals surface area contributed by atoms with Crippen LogP contribution in [-0.4, -0.2) is 28.1 Å². The first-order chi connectivity index (χ1) is 10.3. The second-order valence-corrected chi connectivity index (χ2v) is 5.39. The first kappa shape index (κ1) is 13.9. The molecule has 0 atom stereocenters. The molecule has 108 valence electrons. The van der Waals surface area contributed by atoms with Crippen LogP contribution in [0.15, 0.2) is 36.5 Å². The Bertz CT molecular complexity index is 728. The van der Waals surface area contributed by atoms with E-state index in [0.29, 0.717) is 6.61 Å². The molecule has 5 nitrogen and oxygen atoms in total. The van der Waals surface area contributed by atoms with Crippen molar-refractivity contribution in [1.29, 1.82) is 0 Å². The first-order valence-electron chi connectivity index (χ1n) is 6.74. The number of rotatable bonds is 6. The minimum atomic E-state index is 0.647. The Labute approximate surface area is 127 Å². The highest BCUT2D eigenvalue weighted by Gasteiger charge is 2.04. The molecule has 0 saturated heterocycles. The lowest BCUT2D eigenvalue weighted by molar-refractivity contribution is 0.201. The fourth-order valence-electron chi connectivity index (χ4n) is 2.03. The van der Waals surface area contributed by atoms with E-state index in [1.165, 1.54) is 17.1 Å². The number of aromatic nitrogens is 3. The van der Waals surface area contributed by atoms with Gasteiger partial charge < -0.3 is 10.1 Å². The normalized spacial score (nSPS) is 10.9. The number of fused-ring (bicyclic) bond motifs is 1. The monoisotopic (exact) mass is 300 g/mol. The van der Waals surface area contributed by atoms with Gasteiger partial charge in [0.25, 0.3) is 0 Å². The third-order valence-electron chi connectivity index (χ3n) is 3.11. The molecule has 2 aromatic heterocycles. The lowest BCUT2D eigenvalue weighted by atomic mass is 10.1. The van der Waals surface area contributed by atoms with Gasteiger partial charge in [0.1, 0.15) is 5.82 Å². The highest BCUT2D eigenvalue weighted by atomic mass is 32.1. The number of pyridine rings is 1. The van der Waals surface area contributed by atoms with Crippen molar-refractivity contribution in [3.8, 4) is 0 Å². The molecule has 0 amide bonds. The number of hydrogen-bond acceptors (Lipinski definition) is 6. The summed E-state index contributed by atoms with van der Waals surface area (Å²) in [6.07, 6.45) is 2.55. The number of nitrogens with one attached hydrogen (secondary N) is 1. The second-order valence-electron chi connectivity index (χ2n) is 4.64. The van der Waals surface area contributed by atoms with E-state index in [1.54, 1.807) is 7.11 Å². The molecule has 21 heavy (non-hydrogen) atoms. The first-order valence-corrected chi connectivity index (χ1v) is 7.51. The van der Waals surface area contributed by atoms with E-state index in [-0.39, 0.29) is 0 Å². The Kier molecular flexibility index (Phi) is 4.37. The van der Waals surface area contributed by atoms with Gasteiger partial charge in [0, 0.05) is 43.2 Å². The van der Waals surface area contributed by atoms with Crippen LogP contribution in [-0.2, 0) is 17.7 Å². The molecule has 0 aliphatic rings. The Morgan fingerprint density at radius 3 is 3.14 bits per heavy atom. The van der Waals surface area contributed by atoms with Gasteiger partial charge >= 0.3 is 0 Å². The van der Waals surface area contributed by atoms with Crippen LogP contribution in [0.3, 0.4) is 0 Å². The molecule has 3 rings (SSSR count). The van der Waals surface area contributed by atoms with Crippen LogP contribution in [0.4, 0.5) is 5.13 Å². The predicted octanol–water partition coefficient (Wildman–Crippen LogP) is 2.89. The molecule has 0 aliphatic heterocycles. The molecule has 3 aromatic rings. The molecule has 1 N–H and O–H groups in total. The van der Waals surface area contributed by atoms with Crippen LogP contribution < -0.4 is 5.32 Å². The molecule has 0 spiro atoms. The molecule has 2 heterocycles. The molecule has 1 aromatic carbocycles. The maximum absolute atomic E-state index is 5.02. The highest BCUT2D eigenvalue weighted by molar-refractivity contribution is 7.09. The van der Waals surface area contributed by atoms with Crippen LogP contribution in [0.25, 0.3) is 10.9 Å². The van der Waals surface area contributed by atoms with Gasteiger partial charge in [-0.25, -0.2) is 4.98 Å². The van der Waals surface area contributed by atoms with Crippen molar-refractivity contribution in [2.75, 3.05) is 19.0 Å². The van der Waals surface area contributed by atoms with E-state index in [9.17, 15) is 0 Å². The summed E-state index contributed by atoms with van der Waals surface area (Å²) in [7, 11) is 1.68. The Morgan fingerprint density at radius 2 is 2.24 bits per heavy atom. The van der Waals surface area contributed by atoms with E-state index in [4.69, 9.17) is 4.74 Å². The smallest absolute Gasteiger partial charge is 0.202 e. The lowest BCUT2D eigenvalue weighted by Gasteiger charge is -2.04. The largest absolute Gasteiger partial charge is 0.384 e. The molecule has 0 bridgehead atoms. The molecule has 6 heteroatoms. The van der Waals surface area contributed by atoms with E-state index in [0.717, 1.165) is 34.8 Å². The zero-order valence-corrected chi connectivity index (χ0v) is 12.6. The molecular formula is C15H16N4OS. The Balaban J connectivity index is 1.64. The number of ether oxygens (including phenoxy) is 1. The summed E-state index contributed by atoms with van der Waals surface area (Å²) in [5.74, 6) is 0.826. The molecule has 0 saturated carbocycles. The van der Waals surface area contributed by atoms with E-state index < -0.39 is 0 Å². The van der Waals surface area contributed by atoms with Crippen molar-refractivity contribution < 1.29 is 4.74 Å². The molecule has 0 aliphatic carbocycles. The molecule has 0 radical (unpaired) electrons. The number of nitrogens with zero attached hydrogens (tertiary/aromatic N) is 3. The van der Waals surface area contributed by atoms with Crippen LogP contribution >= 0.6 is 11.5 Å². The average molecular weight is 300 g/mol. The van der Waals surface area contributed by atoms with Crippen LogP contribution in [0.2, 0.25) is 0 Å². The standard InChI is InChI=1S/C15H16N4OS/c1-20-8-6-14-18-15(21-19-14)17-10-11-4-5-13-12(9-11)3-2-7-16-13/h2-5,7,9H,6,8,10H2,1H3,(H,17,18,19). The quantitative estimate of drug-likeness (QED) is 0.758. The molecule has 0 fully saturated rings. The van der Waals surface area contributed by atoms with E-state index in [1.807, 2.05) is 18.3 Å². The van der Waals surface area contributed by atoms with Gasteiger partial charge in [-0.2, -0.15) is 4.37 Å². The van der Waals surface area contributed by atoms with Gasteiger partial charge in [-0.3, -0.25) is 4.98 Å². The van der Waals surface area contributed by atoms with Crippen molar-refractivity contribution in [2.24, 2.45) is 0 Å². The Hall–Kier alpha value is -2.05. The van der Waals surface area contributed by atoms with Gasteiger partial charge in [0.05, 0.1) is 12.1 Å². The number of hydrogen-bond donors (Lipinski definition) is 1. The Morgan fingerprint density at radius 1 is 1.29 bits per heavy atom. The summed E-state index contributed by atoms with van der Waals surface area (Å²) in [6, 6.07) is 10.3. The fourth-order valence-corrected chi connectivity index (χ4v) is 2.64. The van der Waals surface area contributed by atoms with Crippen molar-refractivity contribution in [3.05, 3.63) is 47.9 Å². The minimum absolute atomic E-state index is 0.647. The second kappa shape index (κ2) is 6.60. The van der Waals surface area contributed by atoms with Gasteiger partial charge in [-0.05, 0) is 23.8 Å². The van der Waals surface area contributed by atoms with Crippen LogP contribution in [0.1, 0.15) is 11.4 Å². The summed E-state index contributed by atoms with van der Waals surface area (Å²) in [5, 5.41) is 5.29. The molecular weight excluding hydrogens is 284 g/mol. The number of methoxy groups -OCH3 is 1. The molecule has 0 unspecified atom stereocenters. The number of anilines is 1. The fraction of sp³-hybridized carbons (Fsp3) is 0.267. The third kappa shape index (κ3) is 3.53. The number of benzene rings is 1. The van der Waals surface area contributed by atoms with Gasteiger partial charge in [0.2, 0.25) is 5.13 Å². The van der Waals surface area contributed by atoms with Gasteiger partial charge in [-0.15, -0.1) is 0 Å². The summed E-state index contributed by atoms with van der Waals surface area (Å²) >= 11 is 1.38. The summed E-state index contributed by atoms with van der Waals surface area (Å²) in [4.78, 5) is 8.75. The minimum Gasteiger partial charge on any atom is -0.384 e. The van der Waals surface area contributed by atoms with Crippen molar-refractivity contribution in [3.63, 3.8) is 0 Å². The highest BCUT2D eigenvalue weighted by Crippen LogP contribution is 2.16. The maximum Gasteiger partial charge on any atom is 0.202 e. The zero-order chi connectivity index (χ0) is 14.5. The SMILES string of the molecule is COCCc1nsc(NCc2ccc3ncccc3c2)n1. The van der Waals surface area contributed by atoms with E-state index >= 15 is 0 Å². The van der Waals surface area contributed by atoms with Crippen LogP contribution in [0.5, 0.6) is 0 Å². The van der Waals surface area contributed by atoms with Crippen molar-refractivity contribution in [1.82, 2.24) is 14.3 Å². The average Bonchev–Trinajstić information content (AvgIpc) is 2.98. The predicted molar refractivity (Wildman–Crippen MR) is 84.6 cm³/mol. The summed E-state index contributed by atoms with van der Waals surface area (Å²) < 4.78 is 9.32. The third-order valence-corrected chi connectivity index (χ3v) is 3.82. The van der Waals surface area contributed by atoms with Crippen molar-refractivity contribution in [2.45, 2.75) is 13.0 Å². The summed E-state index contributed by atoms with van der Waals surface area (Å²) in [6.45, 7) is 1.37. The topological polar surface area (TPSA) is 59.9 Å². The van der Waals surface area contributed by atoms with E-state index in [2.05, 4.69) is 37.9 Å². The lowest BCUT2D eigenvalue weighted by Crippen LogP contribution is -2.00. The van der Waals surface area contributed by atoms with Gasteiger partial charge in [-0.1, -0.05) is 12.1 Å². The summed E-state index contributed by atoms with van der Waals surface area (Å²) in [5.41, 5.74) is 2.21.